The van der Waals surface area contributed by atoms with Gasteiger partial charge in [0.05, 0.1) is 11.3 Å². The Kier molecular flexibility index (Phi) is 3.71. The lowest BCUT2D eigenvalue weighted by Gasteiger charge is -2.32. The van der Waals surface area contributed by atoms with Crippen molar-refractivity contribution in [1.82, 2.24) is 9.97 Å². The second-order valence-corrected chi connectivity index (χ2v) is 7.56. The maximum Gasteiger partial charge on any atom is 0.308 e. The number of aromatic nitrogens is 2. The second kappa shape index (κ2) is 5.74. The van der Waals surface area contributed by atoms with E-state index < -0.39 is 5.97 Å². The fourth-order valence-electron chi connectivity index (χ4n) is 3.78. The minimum atomic E-state index is -0.689. The molecule has 1 aliphatic heterocycles. The molecule has 0 saturated carbocycles. The van der Waals surface area contributed by atoms with Gasteiger partial charge in [-0.3, -0.25) is 4.79 Å². The largest absolute Gasteiger partial charge is 0.481 e. The molecule has 4 rings (SSSR count). The van der Waals surface area contributed by atoms with Gasteiger partial charge >= 0.3 is 5.97 Å². The molecule has 2 aromatic rings. The number of hydrogen-bond acceptors (Lipinski definition) is 5. The van der Waals surface area contributed by atoms with Crippen LogP contribution in [0.3, 0.4) is 0 Å². The van der Waals surface area contributed by atoms with Crippen LogP contribution in [0.5, 0.6) is 0 Å². The summed E-state index contributed by atoms with van der Waals surface area (Å²) in [4.78, 5) is 25.7. The molecule has 0 amide bonds. The molecule has 0 radical (unpaired) electrons. The lowest BCUT2D eigenvalue weighted by atomic mass is 9.98. The minimum absolute atomic E-state index is 0.287. The van der Waals surface area contributed by atoms with Crippen LogP contribution in [0.4, 0.5) is 5.82 Å². The number of fused-ring (bicyclic) bond motifs is 3. The highest BCUT2D eigenvalue weighted by Crippen LogP contribution is 2.41. The predicted octanol–water partition coefficient (Wildman–Crippen LogP) is 3.04. The van der Waals surface area contributed by atoms with Crippen LogP contribution in [-0.2, 0) is 24.1 Å². The molecule has 0 unspecified atom stereocenters. The van der Waals surface area contributed by atoms with Crippen molar-refractivity contribution in [3.63, 3.8) is 0 Å². The standard InChI is InChI=1S/C17H21N3O2S/c1-2-13-18-15(20-8-4-5-10(9-20)17(21)22)14-11-6-3-7-12(11)23-16(14)19-13/h10H,2-9H2,1H3,(H,21,22)/t10-/m1/s1. The van der Waals surface area contributed by atoms with Crippen molar-refractivity contribution in [2.45, 2.75) is 45.4 Å². The average molecular weight is 331 g/mol. The van der Waals surface area contributed by atoms with E-state index in [-0.39, 0.29) is 5.92 Å². The van der Waals surface area contributed by atoms with E-state index in [4.69, 9.17) is 9.97 Å². The highest BCUT2D eigenvalue weighted by molar-refractivity contribution is 7.19. The van der Waals surface area contributed by atoms with Crippen LogP contribution in [-0.4, -0.2) is 34.1 Å². The summed E-state index contributed by atoms with van der Waals surface area (Å²) >= 11 is 1.81. The number of nitrogens with zero attached hydrogens (tertiary/aromatic N) is 3. The van der Waals surface area contributed by atoms with Crippen LogP contribution < -0.4 is 4.90 Å². The van der Waals surface area contributed by atoms with Gasteiger partial charge in [-0.2, -0.15) is 0 Å². The molecular weight excluding hydrogens is 310 g/mol. The van der Waals surface area contributed by atoms with Crippen molar-refractivity contribution < 1.29 is 9.90 Å². The molecule has 23 heavy (non-hydrogen) atoms. The number of piperidine rings is 1. The first kappa shape index (κ1) is 14.9. The number of rotatable bonds is 3. The van der Waals surface area contributed by atoms with E-state index in [9.17, 15) is 9.90 Å². The molecular formula is C17H21N3O2S. The maximum absolute atomic E-state index is 11.4. The molecule has 0 spiro atoms. The Hall–Kier alpha value is -1.69. The van der Waals surface area contributed by atoms with Crippen molar-refractivity contribution in [3.05, 3.63) is 16.3 Å². The number of aryl methyl sites for hydroxylation is 3. The summed E-state index contributed by atoms with van der Waals surface area (Å²) in [6, 6.07) is 0. The summed E-state index contributed by atoms with van der Waals surface area (Å²) in [5.41, 5.74) is 1.42. The smallest absolute Gasteiger partial charge is 0.308 e. The number of anilines is 1. The zero-order valence-corrected chi connectivity index (χ0v) is 14.2. The zero-order chi connectivity index (χ0) is 16.0. The van der Waals surface area contributed by atoms with Gasteiger partial charge in [-0.05, 0) is 37.7 Å². The summed E-state index contributed by atoms with van der Waals surface area (Å²) < 4.78 is 0. The van der Waals surface area contributed by atoms with E-state index in [1.807, 2.05) is 11.3 Å². The van der Waals surface area contributed by atoms with Crippen molar-refractivity contribution >= 4 is 33.3 Å². The average Bonchev–Trinajstić information content (AvgIpc) is 3.14. The Labute approximate surface area is 139 Å². The summed E-state index contributed by atoms with van der Waals surface area (Å²) in [5, 5.41) is 10.6. The van der Waals surface area contributed by atoms with E-state index in [0.717, 1.165) is 55.1 Å². The highest BCUT2D eigenvalue weighted by atomic mass is 32.1. The first-order valence-electron chi connectivity index (χ1n) is 8.46. The lowest BCUT2D eigenvalue weighted by Crippen LogP contribution is -2.39. The third kappa shape index (κ3) is 2.49. The zero-order valence-electron chi connectivity index (χ0n) is 13.3. The molecule has 2 aromatic heterocycles. The Bertz CT molecular complexity index is 771. The van der Waals surface area contributed by atoms with Crippen LogP contribution in [0.1, 0.15) is 42.5 Å². The second-order valence-electron chi connectivity index (χ2n) is 6.48. The molecule has 122 valence electrons. The van der Waals surface area contributed by atoms with E-state index >= 15 is 0 Å². The number of aliphatic carboxylic acids is 1. The van der Waals surface area contributed by atoms with Crippen LogP contribution in [0, 0.1) is 5.92 Å². The molecule has 6 heteroatoms. The fraction of sp³-hybridized carbons (Fsp3) is 0.588. The molecule has 5 nitrogen and oxygen atoms in total. The van der Waals surface area contributed by atoms with Crippen molar-refractivity contribution in [2.24, 2.45) is 5.92 Å². The maximum atomic E-state index is 11.4. The van der Waals surface area contributed by atoms with Gasteiger partial charge in [-0.25, -0.2) is 9.97 Å². The van der Waals surface area contributed by atoms with Gasteiger partial charge in [0.15, 0.2) is 0 Å². The summed E-state index contributed by atoms with van der Waals surface area (Å²) in [6.07, 6.45) is 5.95. The van der Waals surface area contributed by atoms with Crippen LogP contribution in [0.15, 0.2) is 0 Å². The van der Waals surface area contributed by atoms with E-state index in [2.05, 4.69) is 11.8 Å². The van der Waals surface area contributed by atoms with Gasteiger partial charge in [0.1, 0.15) is 16.5 Å². The number of hydrogen-bond donors (Lipinski definition) is 1. The molecule has 1 atom stereocenters. The van der Waals surface area contributed by atoms with Gasteiger partial charge in [0, 0.05) is 24.4 Å². The third-order valence-corrected chi connectivity index (χ3v) is 6.16. The molecule has 1 saturated heterocycles. The molecule has 1 N–H and O–H groups in total. The molecule has 1 aliphatic carbocycles. The van der Waals surface area contributed by atoms with E-state index in [1.54, 1.807) is 0 Å². The number of thiophene rings is 1. The Morgan fingerprint density at radius 1 is 1.35 bits per heavy atom. The van der Waals surface area contributed by atoms with Crippen molar-refractivity contribution in [2.75, 3.05) is 18.0 Å². The number of carboxylic acids is 1. The summed E-state index contributed by atoms with van der Waals surface area (Å²) in [7, 11) is 0. The minimum Gasteiger partial charge on any atom is -0.481 e. The van der Waals surface area contributed by atoms with Crippen LogP contribution in [0.25, 0.3) is 10.2 Å². The Morgan fingerprint density at radius 3 is 3.00 bits per heavy atom. The fourth-order valence-corrected chi connectivity index (χ4v) is 5.05. The normalized spacial score (nSPS) is 20.9. The third-order valence-electron chi connectivity index (χ3n) is 4.98. The Balaban J connectivity index is 1.82. The SMILES string of the molecule is CCc1nc(N2CCC[C@@H](C(=O)O)C2)c2c3c(sc2n1)CCC3. The topological polar surface area (TPSA) is 66.3 Å². The van der Waals surface area contributed by atoms with Gasteiger partial charge < -0.3 is 10.0 Å². The molecule has 0 aromatic carbocycles. The molecule has 1 fully saturated rings. The first-order valence-corrected chi connectivity index (χ1v) is 9.28. The monoisotopic (exact) mass is 331 g/mol. The van der Waals surface area contributed by atoms with Crippen LogP contribution >= 0.6 is 11.3 Å². The summed E-state index contributed by atoms with van der Waals surface area (Å²) in [6.45, 7) is 3.53. The molecule has 0 bridgehead atoms. The summed E-state index contributed by atoms with van der Waals surface area (Å²) in [5.74, 6) is 0.874. The number of carboxylic acid groups (broad SMARTS) is 1. The van der Waals surface area contributed by atoms with Crippen molar-refractivity contribution in [3.8, 4) is 0 Å². The predicted molar refractivity (Wildman–Crippen MR) is 91.4 cm³/mol. The first-order chi connectivity index (χ1) is 11.2. The quantitative estimate of drug-likeness (QED) is 0.936. The van der Waals surface area contributed by atoms with Crippen LogP contribution in [0.2, 0.25) is 0 Å². The highest BCUT2D eigenvalue weighted by Gasteiger charge is 2.30. The van der Waals surface area contributed by atoms with E-state index in [0.29, 0.717) is 6.54 Å². The van der Waals surface area contributed by atoms with Crippen molar-refractivity contribution in [1.29, 1.82) is 0 Å². The van der Waals surface area contributed by atoms with Gasteiger partial charge in [0.25, 0.3) is 0 Å². The van der Waals surface area contributed by atoms with Gasteiger partial charge in [-0.1, -0.05) is 6.92 Å². The van der Waals surface area contributed by atoms with Gasteiger partial charge in [0.2, 0.25) is 0 Å². The molecule has 3 heterocycles. The molecule has 2 aliphatic rings. The number of carbonyl (C=O) groups is 1. The van der Waals surface area contributed by atoms with Gasteiger partial charge in [-0.15, -0.1) is 11.3 Å². The lowest BCUT2D eigenvalue weighted by molar-refractivity contribution is -0.141. The Morgan fingerprint density at radius 2 is 2.22 bits per heavy atom. The van der Waals surface area contributed by atoms with E-state index in [1.165, 1.54) is 22.2 Å².